The molecule has 54 heavy (non-hydrogen) atoms. The molecular formula is C52H35NS. The van der Waals surface area contributed by atoms with Gasteiger partial charge in [-0.25, -0.2) is 0 Å². The maximum atomic E-state index is 9.82. The second-order valence-electron chi connectivity index (χ2n) is 12.5. The van der Waals surface area contributed by atoms with Crippen molar-refractivity contribution in [2.24, 2.45) is 0 Å². The van der Waals surface area contributed by atoms with Crippen molar-refractivity contribution in [3.63, 3.8) is 0 Å². The third-order valence-electron chi connectivity index (χ3n) is 9.33. The molecular weight excluding hydrogens is 671 g/mol. The molecule has 2 heteroatoms. The predicted molar refractivity (Wildman–Crippen MR) is 233 cm³/mol. The Balaban J connectivity index is 1.29. The van der Waals surface area contributed by atoms with Crippen LogP contribution >= 0.6 is 11.3 Å². The number of fused-ring (bicyclic) bond motifs is 4. The lowest BCUT2D eigenvalue weighted by Crippen LogP contribution is -2.10. The lowest BCUT2D eigenvalue weighted by atomic mass is 9.93. The van der Waals surface area contributed by atoms with Crippen molar-refractivity contribution in [3.8, 4) is 44.5 Å². The van der Waals surface area contributed by atoms with Crippen LogP contribution in [0.2, 0.25) is 0 Å². The van der Waals surface area contributed by atoms with Crippen LogP contribution < -0.4 is 4.90 Å². The lowest BCUT2D eigenvalue weighted by Gasteiger charge is -2.27. The Bertz CT molecular complexity index is 3740. The van der Waals surface area contributed by atoms with Gasteiger partial charge < -0.3 is 4.90 Å². The first-order valence-electron chi connectivity index (χ1n) is 24.7. The zero-order chi connectivity index (χ0) is 48.9. The van der Waals surface area contributed by atoms with Crippen molar-refractivity contribution < 1.29 is 20.6 Å². The summed E-state index contributed by atoms with van der Waals surface area (Å²) in [6.45, 7) is 0. The summed E-state index contributed by atoms with van der Waals surface area (Å²) < 4.78 is 138. The zero-order valence-corrected chi connectivity index (χ0v) is 29.2. The zero-order valence-electron chi connectivity index (χ0n) is 43.4. The van der Waals surface area contributed by atoms with Crippen LogP contribution in [0.15, 0.2) is 212 Å². The summed E-state index contributed by atoms with van der Waals surface area (Å²) in [6, 6.07) is 28.1. The summed E-state index contributed by atoms with van der Waals surface area (Å²) in [5.74, 6) is 0. The van der Waals surface area contributed by atoms with E-state index in [9.17, 15) is 9.60 Å². The second kappa shape index (κ2) is 13.7. The van der Waals surface area contributed by atoms with E-state index in [1.165, 1.54) is 11.3 Å². The van der Waals surface area contributed by atoms with Crippen molar-refractivity contribution in [3.05, 3.63) is 212 Å². The third-order valence-corrected chi connectivity index (χ3v) is 10.5. The van der Waals surface area contributed by atoms with Gasteiger partial charge in [-0.15, -0.1) is 11.3 Å². The number of anilines is 3. The molecule has 0 amide bonds. The fourth-order valence-electron chi connectivity index (χ4n) is 6.83. The quantitative estimate of drug-likeness (QED) is 0.158. The SMILES string of the molecule is [2H]c1c([2H])c([2H])c(-c2c([2H])c([2H])c([2H])c3c([2H])c([2H])c(-c4c([2H])c([2H])c(N(c5ccc(-c6ccccc6)c(-c6ccccc6)c5)c5cccc6c5sc5ccccc56)c([2H])c4[2H])c([2H])c23)c([2H])c1[2H]. The van der Waals surface area contributed by atoms with Gasteiger partial charge in [-0.05, 0) is 97.7 Å². The first-order chi connectivity index (χ1) is 33.0. The van der Waals surface area contributed by atoms with E-state index in [2.05, 4.69) is 0 Å². The van der Waals surface area contributed by atoms with E-state index in [-0.39, 0.29) is 5.69 Å². The highest BCUT2D eigenvalue weighted by Gasteiger charge is 2.20. The third kappa shape index (κ3) is 5.74. The normalized spacial score (nSPS) is 15.2. The smallest absolute Gasteiger partial charge is 0.0645 e. The first kappa shape index (κ1) is 19.9. The maximum Gasteiger partial charge on any atom is 0.0645 e. The molecule has 0 saturated carbocycles. The van der Waals surface area contributed by atoms with Crippen molar-refractivity contribution >= 4 is 59.3 Å². The van der Waals surface area contributed by atoms with Crippen LogP contribution in [0.1, 0.15) is 20.6 Å². The number of rotatable bonds is 7. The molecule has 10 aromatic rings. The summed E-state index contributed by atoms with van der Waals surface area (Å²) in [5, 5.41) is 0.916. The van der Waals surface area contributed by atoms with Crippen molar-refractivity contribution in [2.45, 2.75) is 0 Å². The van der Waals surface area contributed by atoms with Gasteiger partial charge in [-0.1, -0.05) is 170 Å². The molecule has 0 radical (unpaired) electrons. The fourth-order valence-corrected chi connectivity index (χ4v) is 8.04. The van der Waals surface area contributed by atoms with E-state index in [1.807, 2.05) is 121 Å². The van der Waals surface area contributed by atoms with Gasteiger partial charge in [-0.2, -0.15) is 0 Å². The van der Waals surface area contributed by atoms with Crippen LogP contribution in [0.3, 0.4) is 0 Å². The van der Waals surface area contributed by atoms with E-state index >= 15 is 0 Å². The summed E-state index contributed by atoms with van der Waals surface area (Å²) in [6.07, 6.45) is 0. The number of thiophene rings is 1. The number of hydrogen-bond acceptors (Lipinski definition) is 2. The average molecular weight is 721 g/mol. The Morgan fingerprint density at radius 1 is 0.407 bits per heavy atom. The molecule has 1 nitrogen and oxygen atoms in total. The molecule has 0 saturated heterocycles. The molecule has 0 atom stereocenters. The molecule has 254 valence electrons. The van der Waals surface area contributed by atoms with Gasteiger partial charge in [0.25, 0.3) is 0 Å². The summed E-state index contributed by atoms with van der Waals surface area (Å²) in [7, 11) is 0. The van der Waals surface area contributed by atoms with E-state index in [0.717, 1.165) is 42.4 Å². The maximum absolute atomic E-state index is 9.82. The molecule has 0 aliphatic heterocycles. The first-order valence-corrected chi connectivity index (χ1v) is 18.0. The van der Waals surface area contributed by atoms with Gasteiger partial charge in [0.05, 0.1) is 30.9 Å². The molecule has 9 aromatic carbocycles. The standard InChI is InChI=1S/C52H35NS/c1-4-14-37(15-5-1)44-22-12-20-40-26-27-41(34-48(40)44)36-28-30-42(31-29-36)53(50-24-13-23-47-46-21-10-11-25-51(46)54-52(47)50)43-32-33-45(38-16-6-2-7-17-38)49(35-43)39-18-8-3-9-19-39/h1-35H/i1D,4D,5D,12D,14D,15D,20D,22D,26D,27D,28D,29D,30D,31D,34D. The fraction of sp³-hybridized carbons (Fsp3) is 0. The summed E-state index contributed by atoms with van der Waals surface area (Å²) >= 11 is 1.51. The van der Waals surface area contributed by atoms with Gasteiger partial charge >= 0.3 is 0 Å². The van der Waals surface area contributed by atoms with E-state index in [4.69, 9.17) is 11.0 Å². The minimum absolute atomic E-state index is 0.157. The second-order valence-corrected chi connectivity index (χ2v) is 13.6. The van der Waals surface area contributed by atoms with Crippen molar-refractivity contribution in [1.82, 2.24) is 0 Å². The van der Waals surface area contributed by atoms with E-state index in [0.29, 0.717) is 11.4 Å². The molecule has 1 heterocycles. The molecule has 0 bridgehead atoms. The monoisotopic (exact) mass is 720 g/mol. The molecule has 1 aromatic heterocycles. The minimum Gasteiger partial charge on any atom is -0.309 e. The van der Waals surface area contributed by atoms with Gasteiger partial charge in [0.2, 0.25) is 0 Å². The molecule has 0 N–H and O–H groups in total. The van der Waals surface area contributed by atoms with Crippen LogP contribution in [-0.2, 0) is 0 Å². The Morgan fingerprint density at radius 3 is 1.91 bits per heavy atom. The van der Waals surface area contributed by atoms with Gasteiger partial charge in [0, 0.05) is 26.8 Å². The topological polar surface area (TPSA) is 3.24 Å². The van der Waals surface area contributed by atoms with Gasteiger partial charge in [0.1, 0.15) is 0 Å². The Labute approximate surface area is 340 Å². The average Bonchev–Trinajstić information content (AvgIpc) is 3.75. The van der Waals surface area contributed by atoms with E-state index < -0.39 is 124 Å². The number of hydrogen-bond donors (Lipinski definition) is 0. The van der Waals surface area contributed by atoms with Crippen LogP contribution in [0.25, 0.3) is 75.5 Å². The predicted octanol–water partition coefficient (Wildman–Crippen LogP) is 15.3. The van der Waals surface area contributed by atoms with Gasteiger partial charge in [0.15, 0.2) is 0 Å². The number of benzene rings is 9. The van der Waals surface area contributed by atoms with Crippen molar-refractivity contribution in [2.75, 3.05) is 4.90 Å². The largest absolute Gasteiger partial charge is 0.309 e. The molecule has 0 spiro atoms. The summed E-state index contributed by atoms with van der Waals surface area (Å²) in [5.41, 5.74) is 2.22. The molecule has 0 aliphatic carbocycles. The van der Waals surface area contributed by atoms with Crippen LogP contribution in [0.4, 0.5) is 17.1 Å². The summed E-state index contributed by atoms with van der Waals surface area (Å²) in [4.78, 5) is 1.69. The van der Waals surface area contributed by atoms with Crippen LogP contribution in [0.5, 0.6) is 0 Å². The van der Waals surface area contributed by atoms with E-state index in [1.54, 1.807) is 4.90 Å². The van der Waals surface area contributed by atoms with Crippen molar-refractivity contribution in [1.29, 1.82) is 0 Å². The minimum atomic E-state index is -0.781. The highest BCUT2D eigenvalue weighted by molar-refractivity contribution is 7.26. The Morgan fingerprint density at radius 2 is 1.11 bits per heavy atom. The van der Waals surface area contributed by atoms with Gasteiger partial charge in [-0.3, -0.25) is 0 Å². The Kier molecular flexibility index (Phi) is 5.04. The lowest BCUT2D eigenvalue weighted by molar-refractivity contribution is 1.30. The molecule has 0 aliphatic rings. The molecule has 0 fully saturated rings. The molecule has 10 rings (SSSR count). The Hall–Kier alpha value is -6.74. The highest BCUT2D eigenvalue weighted by atomic mass is 32.1. The van der Waals surface area contributed by atoms with Crippen LogP contribution in [0, 0.1) is 0 Å². The number of nitrogens with zero attached hydrogens (tertiary/aromatic N) is 1. The molecule has 0 unspecified atom stereocenters. The van der Waals surface area contributed by atoms with Crippen LogP contribution in [-0.4, -0.2) is 0 Å². The highest BCUT2D eigenvalue weighted by Crippen LogP contribution is 2.46.